The molecule has 1 fully saturated rings. The van der Waals surface area contributed by atoms with Gasteiger partial charge in [-0.25, -0.2) is 0 Å². The second kappa shape index (κ2) is 6.68. The van der Waals surface area contributed by atoms with Crippen LogP contribution in [0.2, 0.25) is 0 Å². The molecule has 0 spiro atoms. The van der Waals surface area contributed by atoms with E-state index in [0.717, 1.165) is 0 Å². The van der Waals surface area contributed by atoms with Crippen molar-refractivity contribution in [3.63, 3.8) is 0 Å². The highest BCUT2D eigenvalue weighted by atomic mass is 16.5. The molecule has 7 heteroatoms. The Morgan fingerprint density at radius 1 is 1.28 bits per heavy atom. The first kappa shape index (κ1) is 17.2. The lowest BCUT2D eigenvalue weighted by atomic mass is 9.80. The van der Waals surface area contributed by atoms with Crippen molar-refractivity contribution in [1.29, 1.82) is 0 Å². The van der Waals surface area contributed by atoms with E-state index in [0.29, 0.717) is 37.0 Å². The van der Waals surface area contributed by atoms with Crippen molar-refractivity contribution < 1.29 is 19.4 Å². The van der Waals surface area contributed by atoms with Gasteiger partial charge in [0.05, 0.1) is 16.5 Å². The molecule has 0 unspecified atom stereocenters. The van der Waals surface area contributed by atoms with Gasteiger partial charge in [0.1, 0.15) is 0 Å². The van der Waals surface area contributed by atoms with Crippen LogP contribution in [0.25, 0.3) is 10.9 Å². The van der Waals surface area contributed by atoms with Crippen LogP contribution in [0.15, 0.2) is 35.1 Å². The molecule has 0 saturated carbocycles. The fraction of sp³-hybridized carbons (Fsp3) is 0.389. The molecule has 1 amide bonds. The number of hydrogen-bond acceptors (Lipinski definition) is 4. The van der Waals surface area contributed by atoms with Gasteiger partial charge in [-0.15, -0.1) is 0 Å². The van der Waals surface area contributed by atoms with Crippen molar-refractivity contribution in [3.05, 3.63) is 46.2 Å². The van der Waals surface area contributed by atoms with E-state index in [1.807, 2.05) is 0 Å². The highest BCUT2D eigenvalue weighted by molar-refractivity contribution is 6.06. The van der Waals surface area contributed by atoms with Crippen LogP contribution in [-0.2, 0) is 16.6 Å². The number of carbonyl (C=O) groups is 2. The first-order chi connectivity index (χ1) is 11.9. The average Bonchev–Trinajstić information content (AvgIpc) is 2.63. The summed E-state index contributed by atoms with van der Waals surface area (Å²) in [5.41, 5.74) is -0.406. The Bertz CT molecular complexity index is 881. The number of aryl methyl sites for hydroxylation is 1. The van der Waals surface area contributed by atoms with E-state index in [1.54, 1.807) is 31.3 Å². The number of nitrogens with zero attached hydrogens (tertiary/aromatic N) is 1. The molecule has 1 aromatic heterocycles. The molecular weight excluding hydrogens is 324 g/mol. The Labute approximate surface area is 144 Å². The van der Waals surface area contributed by atoms with Gasteiger partial charge in [0.15, 0.2) is 0 Å². The molecule has 1 aliphatic heterocycles. The number of carboxylic acids is 1. The zero-order valence-electron chi connectivity index (χ0n) is 13.9. The van der Waals surface area contributed by atoms with Crippen LogP contribution >= 0.6 is 0 Å². The second-order valence-corrected chi connectivity index (χ2v) is 6.35. The summed E-state index contributed by atoms with van der Waals surface area (Å²) in [6, 6.07) is 8.41. The molecule has 132 valence electrons. The molecule has 7 nitrogen and oxygen atoms in total. The van der Waals surface area contributed by atoms with Gasteiger partial charge in [-0.05, 0) is 18.9 Å². The first-order valence-electron chi connectivity index (χ1n) is 8.13. The number of aromatic nitrogens is 1. The molecule has 1 aliphatic rings. The number of pyridine rings is 1. The largest absolute Gasteiger partial charge is 0.481 e. The Morgan fingerprint density at radius 2 is 1.96 bits per heavy atom. The zero-order chi connectivity index (χ0) is 18.0. The Balaban J connectivity index is 1.89. The number of ether oxygens (including phenoxy) is 1. The van der Waals surface area contributed by atoms with Gasteiger partial charge in [0.2, 0.25) is 0 Å². The molecular formula is C18H20N2O5. The smallest absolute Gasteiger partial charge is 0.311 e. The van der Waals surface area contributed by atoms with Gasteiger partial charge in [-0.3, -0.25) is 14.4 Å². The topological polar surface area (TPSA) is 97.6 Å². The molecule has 2 N–H and O–H groups in total. The Kier molecular flexibility index (Phi) is 4.59. The number of fused-ring (bicyclic) bond motifs is 1. The molecule has 3 rings (SSSR count). The lowest BCUT2D eigenvalue weighted by Gasteiger charge is -2.33. The lowest BCUT2D eigenvalue weighted by molar-refractivity contribution is -0.154. The van der Waals surface area contributed by atoms with Crippen LogP contribution in [0.5, 0.6) is 0 Å². The number of carboxylic acid groups (broad SMARTS) is 1. The van der Waals surface area contributed by atoms with Gasteiger partial charge >= 0.3 is 5.97 Å². The number of benzene rings is 1. The highest BCUT2D eigenvalue weighted by Crippen LogP contribution is 2.30. The number of rotatable bonds is 4. The van der Waals surface area contributed by atoms with E-state index in [9.17, 15) is 19.5 Å². The molecule has 25 heavy (non-hydrogen) atoms. The molecule has 1 aromatic carbocycles. The van der Waals surface area contributed by atoms with Crippen LogP contribution in [0.1, 0.15) is 23.2 Å². The summed E-state index contributed by atoms with van der Waals surface area (Å²) in [6.07, 6.45) is 0.694. The van der Waals surface area contributed by atoms with Gasteiger partial charge in [-0.2, -0.15) is 0 Å². The van der Waals surface area contributed by atoms with Crippen molar-refractivity contribution in [2.75, 3.05) is 19.8 Å². The summed E-state index contributed by atoms with van der Waals surface area (Å²) in [4.78, 5) is 36.4. The van der Waals surface area contributed by atoms with Crippen LogP contribution in [0, 0.1) is 5.41 Å². The third-order valence-corrected chi connectivity index (χ3v) is 4.89. The number of nitrogens with one attached hydrogen (secondary N) is 1. The fourth-order valence-electron chi connectivity index (χ4n) is 3.17. The molecule has 0 atom stereocenters. The van der Waals surface area contributed by atoms with Crippen molar-refractivity contribution in [2.24, 2.45) is 12.5 Å². The number of amides is 1. The third kappa shape index (κ3) is 3.15. The van der Waals surface area contributed by atoms with E-state index in [1.165, 1.54) is 10.6 Å². The summed E-state index contributed by atoms with van der Waals surface area (Å²) in [5, 5.41) is 12.9. The van der Waals surface area contributed by atoms with E-state index in [-0.39, 0.29) is 17.7 Å². The molecule has 0 radical (unpaired) electrons. The van der Waals surface area contributed by atoms with Crippen LogP contribution in [0.3, 0.4) is 0 Å². The predicted octanol–water partition coefficient (Wildman–Crippen LogP) is 1.15. The minimum absolute atomic E-state index is 0.00800. The zero-order valence-corrected chi connectivity index (χ0v) is 13.9. The summed E-state index contributed by atoms with van der Waals surface area (Å²) >= 11 is 0. The second-order valence-electron chi connectivity index (χ2n) is 6.35. The number of hydrogen-bond donors (Lipinski definition) is 2. The van der Waals surface area contributed by atoms with Gasteiger partial charge in [0, 0.05) is 38.3 Å². The van der Waals surface area contributed by atoms with E-state index < -0.39 is 17.3 Å². The van der Waals surface area contributed by atoms with E-state index >= 15 is 0 Å². The van der Waals surface area contributed by atoms with Crippen molar-refractivity contribution in [2.45, 2.75) is 12.8 Å². The Morgan fingerprint density at radius 3 is 2.64 bits per heavy atom. The van der Waals surface area contributed by atoms with Crippen LogP contribution < -0.4 is 10.9 Å². The number of para-hydroxylation sites is 1. The fourth-order valence-corrected chi connectivity index (χ4v) is 3.17. The maximum Gasteiger partial charge on any atom is 0.311 e. The summed E-state index contributed by atoms with van der Waals surface area (Å²) in [6.45, 7) is 0.724. The number of aliphatic carboxylic acids is 1. The minimum Gasteiger partial charge on any atom is -0.481 e. The molecule has 2 heterocycles. The molecule has 2 aromatic rings. The van der Waals surface area contributed by atoms with Crippen molar-refractivity contribution in [3.8, 4) is 0 Å². The minimum atomic E-state index is -1.02. The first-order valence-corrected chi connectivity index (χ1v) is 8.13. The summed E-state index contributed by atoms with van der Waals surface area (Å²) < 4.78 is 6.71. The van der Waals surface area contributed by atoms with Gasteiger partial charge < -0.3 is 19.7 Å². The Hall–Kier alpha value is -2.67. The standard InChI is InChI=1S/C18H20N2O5/c1-20-14-5-3-2-4-12(14)13(10-15(20)21)16(22)19-11-18(17(23)24)6-8-25-9-7-18/h2-5,10H,6-9,11H2,1H3,(H,19,22)(H,23,24). The maximum absolute atomic E-state index is 12.6. The van der Waals surface area contributed by atoms with Gasteiger partial charge in [0.25, 0.3) is 11.5 Å². The molecule has 1 saturated heterocycles. The van der Waals surface area contributed by atoms with E-state index in [2.05, 4.69) is 5.32 Å². The van der Waals surface area contributed by atoms with Crippen LogP contribution in [-0.4, -0.2) is 41.3 Å². The third-order valence-electron chi connectivity index (χ3n) is 4.89. The summed E-state index contributed by atoms with van der Waals surface area (Å²) in [7, 11) is 1.65. The molecule has 0 bridgehead atoms. The molecule has 0 aliphatic carbocycles. The van der Waals surface area contributed by atoms with Crippen molar-refractivity contribution >= 4 is 22.8 Å². The maximum atomic E-state index is 12.6. The average molecular weight is 344 g/mol. The normalized spacial score (nSPS) is 16.5. The van der Waals surface area contributed by atoms with E-state index in [4.69, 9.17) is 4.74 Å². The highest BCUT2D eigenvalue weighted by Gasteiger charge is 2.40. The monoisotopic (exact) mass is 344 g/mol. The summed E-state index contributed by atoms with van der Waals surface area (Å²) in [5.74, 6) is -1.38. The van der Waals surface area contributed by atoms with Gasteiger partial charge in [-0.1, -0.05) is 18.2 Å². The lowest BCUT2D eigenvalue weighted by Crippen LogP contribution is -2.46. The quantitative estimate of drug-likeness (QED) is 0.867. The predicted molar refractivity (Wildman–Crippen MR) is 91.6 cm³/mol. The SMILES string of the molecule is Cn1c(=O)cc(C(=O)NCC2(C(=O)O)CCOCC2)c2ccccc21. The number of carbonyl (C=O) groups excluding carboxylic acids is 1. The van der Waals surface area contributed by atoms with Crippen LogP contribution in [0.4, 0.5) is 0 Å². The van der Waals surface area contributed by atoms with Crippen molar-refractivity contribution in [1.82, 2.24) is 9.88 Å².